The van der Waals surface area contributed by atoms with Gasteiger partial charge in [0.15, 0.2) is 0 Å². The first-order chi connectivity index (χ1) is 9.69. The van der Waals surface area contributed by atoms with Crippen LogP contribution in [0.3, 0.4) is 0 Å². The molecule has 5 nitrogen and oxygen atoms in total. The molecule has 20 heavy (non-hydrogen) atoms. The standard InChI is InChI=1S/C14H24N4OS/c1-12-16-10-13(20-12)11-17-6-8-18(9-7-17)14(19)4-3-5-15-2/h10,15H,3-9,11H2,1-2H3. The van der Waals surface area contributed by atoms with E-state index in [1.807, 2.05) is 25.1 Å². The lowest BCUT2D eigenvalue weighted by Crippen LogP contribution is -2.48. The molecule has 2 rings (SSSR count). The van der Waals surface area contributed by atoms with Crippen molar-refractivity contribution in [2.45, 2.75) is 26.3 Å². The highest BCUT2D eigenvalue weighted by atomic mass is 32.1. The number of nitrogens with one attached hydrogen (secondary N) is 1. The monoisotopic (exact) mass is 296 g/mol. The summed E-state index contributed by atoms with van der Waals surface area (Å²) in [5, 5.41) is 4.20. The van der Waals surface area contributed by atoms with Crippen LogP contribution in [0, 0.1) is 6.92 Å². The van der Waals surface area contributed by atoms with Crippen molar-refractivity contribution in [2.75, 3.05) is 39.8 Å². The molecule has 0 aromatic carbocycles. The van der Waals surface area contributed by atoms with E-state index in [0.29, 0.717) is 12.3 Å². The first-order valence-electron chi connectivity index (χ1n) is 7.25. The lowest BCUT2D eigenvalue weighted by Gasteiger charge is -2.34. The maximum absolute atomic E-state index is 12.0. The Morgan fingerprint density at radius 3 is 2.75 bits per heavy atom. The van der Waals surface area contributed by atoms with Gasteiger partial charge in [0.25, 0.3) is 0 Å². The maximum atomic E-state index is 12.0. The number of hydrogen-bond donors (Lipinski definition) is 1. The Labute approximate surface area is 125 Å². The van der Waals surface area contributed by atoms with Gasteiger partial charge < -0.3 is 10.2 Å². The van der Waals surface area contributed by atoms with E-state index in [4.69, 9.17) is 0 Å². The second kappa shape index (κ2) is 7.71. The SMILES string of the molecule is CNCCCC(=O)N1CCN(Cc2cnc(C)s2)CC1. The van der Waals surface area contributed by atoms with E-state index in [1.54, 1.807) is 11.3 Å². The third kappa shape index (κ3) is 4.54. The minimum Gasteiger partial charge on any atom is -0.340 e. The summed E-state index contributed by atoms with van der Waals surface area (Å²) >= 11 is 1.76. The molecule has 2 heterocycles. The van der Waals surface area contributed by atoms with Crippen molar-refractivity contribution in [2.24, 2.45) is 0 Å². The van der Waals surface area contributed by atoms with Crippen molar-refractivity contribution in [1.82, 2.24) is 20.1 Å². The summed E-state index contributed by atoms with van der Waals surface area (Å²) in [5.74, 6) is 0.300. The molecule has 1 aliphatic rings. The van der Waals surface area contributed by atoms with Gasteiger partial charge in [-0.25, -0.2) is 4.98 Å². The van der Waals surface area contributed by atoms with Crippen molar-refractivity contribution in [3.05, 3.63) is 16.1 Å². The molecule has 0 atom stereocenters. The van der Waals surface area contributed by atoms with Crippen LogP contribution in [-0.2, 0) is 11.3 Å². The van der Waals surface area contributed by atoms with Gasteiger partial charge in [-0.1, -0.05) is 0 Å². The van der Waals surface area contributed by atoms with Gasteiger partial charge in [-0.05, 0) is 26.9 Å². The zero-order valence-electron chi connectivity index (χ0n) is 12.4. The third-order valence-electron chi connectivity index (χ3n) is 3.59. The van der Waals surface area contributed by atoms with Crippen LogP contribution >= 0.6 is 11.3 Å². The highest BCUT2D eigenvalue weighted by Gasteiger charge is 2.20. The molecular formula is C14H24N4OS. The molecule has 1 amide bonds. The molecule has 0 bridgehead atoms. The lowest BCUT2D eigenvalue weighted by molar-refractivity contribution is -0.133. The minimum absolute atomic E-state index is 0.300. The molecular weight excluding hydrogens is 272 g/mol. The van der Waals surface area contributed by atoms with E-state index in [0.717, 1.165) is 50.7 Å². The van der Waals surface area contributed by atoms with Crippen LogP contribution in [0.15, 0.2) is 6.20 Å². The molecule has 1 saturated heterocycles. The van der Waals surface area contributed by atoms with Crippen LogP contribution in [0.5, 0.6) is 0 Å². The number of piperazine rings is 1. The Bertz CT molecular complexity index is 427. The van der Waals surface area contributed by atoms with Gasteiger partial charge in [-0.3, -0.25) is 9.69 Å². The molecule has 0 radical (unpaired) electrons. The van der Waals surface area contributed by atoms with Crippen molar-refractivity contribution in [3.63, 3.8) is 0 Å². The Morgan fingerprint density at radius 1 is 1.40 bits per heavy atom. The predicted molar refractivity (Wildman–Crippen MR) is 81.9 cm³/mol. The normalized spacial score (nSPS) is 16.6. The molecule has 1 N–H and O–H groups in total. The van der Waals surface area contributed by atoms with Gasteiger partial charge >= 0.3 is 0 Å². The number of aryl methyl sites for hydroxylation is 1. The van der Waals surface area contributed by atoms with E-state index in [1.165, 1.54) is 4.88 Å². The van der Waals surface area contributed by atoms with Crippen LogP contribution in [-0.4, -0.2) is 60.5 Å². The van der Waals surface area contributed by atoms with Crippen molar-refractivity contribution in [3.8, 4) is 0 Å². The predicted octanol–water partition coefficient (Wildman–Crippen LogP) is 1.10. The van der Waals surface area contributed by atoms with Gasteiger partial charge in [0.2, 0.25) is 5.91 Å². The van der Waals surface area contributed by atoms with Crippen molar-refractivity contribution >= 4 is 17.2 Å². The summed E-state index contributed by atoms with van der Waals surface area (Å²) in [4.78, 5) is 22.0. The highest BCUT2D eigenvalue weighted by Crippen LogP contribution is 2.15. The van der Waals surface area contributed by atoms with E-state index in [9.17, 15) is 4.79 Å². The average molecular weight is 296 g/mol. The fraction of sp³-hybridized carbons (Fsp3) is 0.714. The molecule has 1 aliphatic heterocycles. The quantitative estimate of drug-likeness (QED) is 0.799. The highest BCUT2D eigenvalue weighted by molar-refractivity contribution is 7.11. The Kier molecular flexibility index (Phi) is 5.94. The summed E-state index contributed by atoms with van der Waals surface area (Å²) in [6, 6.07) is 0. The Hall–Kier alpha value is -0.980. The number of carbonyl (C=O) groups excluding carboxylic acids is 1. The average Bonchev–Trinajstić information content (AvgIpc) is 2.85. The molecule has 0 aliphatic carbocycles. The second-order valence-corrected chi connectivity index (χ2v) is 6.53. The number of rotatable bonds is 6. The van der Waals surface area contributed by atoms with Gasteiger partial charge in [0.1, 0.15) is 0 Å². The summed E-state index contributed by atoms with van der Waals surface area (Å²) in [7, 11) is 1.92. The van der Waals surface area contributed by atoms with E-state index in [-0.39, 0.29) is 0 Å². The Balaban J connectivity index is 1.70. The molecule has 1 fully saturated rings. The maximum Gasteiger partial charge on any atom is 0.222 e. The van der Waals surface area contributed by atoms with Crippen molar-refractivity contribution < 1.29 is 4.79 Å². The summed E-state index contributed by atoms with van der Waals surface area (Å²) in [6.45, 7) is 7.56. The first-order valence-corrected chi connectivity index (χ1v) is 8.06. The number of nitrogens with zero attached hydrogens (tertiary/aromatic N) is 3. The van der Waals surface area contributed by atoms with Gasteiger partial charge in [0.05, 0.1) is 5.01 Å². The second-order valence-electron chi connectivity index (χ2n) is 5.21. The summed E-state index contributed by atoms with van der Waals surface area (Å²) in [5.41, 5.74) is 0. The summed E-state index contributed by atoms with van der Waals surface area (Å²) < 4.78 is 0. The number of thiazole rings is 1. The molecule has 0 unspecified atom stereocenters. The van der Waals surface area contributed by atoms with Crippen molar-refractivity contribution in [1.29, 1.82) is 0 Å². The van der Waals surface area contributed by atoms with Crippen LogP contribution in [0.2, 0.25) is 0 Å². The third-order valence-corrected chi connectivity index (χ3v) is 4.49. The molecule has 112 valence electrons. The van der Waals surface area contributed by atoms with E-state index in [2.05, 4.69) is 15.2 Å². The smallest absolute Gasteiger partial charge is 0.222 e. The zero-order chi connectivity index (χ0) is 14.4. The number of hydrogen-bond acceptors (Lipinski definition) is 5. The first kappa shape index (κ1) is 15.4. The number of amides is 1. The zero-order valence-corrected chi connectivity index (χ0v) is 13.2. The van der Waals surface area contributed by atoms with Gasteiger partial charge in [-0.15, -0.1) is 11.3 Å². The van der Waals surface area contributed by atoms with Gasteiger partial charge in [0, 0.05) is 50.2 Å². The molecule has 0 spiro atoms. The summed E-state index contributed by atoms with van der Waals surface area (Å²) in [6.07, 6.45) is 3.56. The van der Waals surface area contributed by atoms with Crippen LogP contribution in [0.25, 0.3) is 0 Å². The van der Waals surface area contributed by atoms with Crippen LogP contribution in [0.4, 0.5) is 0 Å². The largest absolute Gasteiger partial charge is 0.340 e. The fourth-order valence-corrected chi connectivity index (χ4v) is 3.27. The molecule has 1 aromatic heterocycles. The fourth-order valence-electron chi connectivity index (χ4n) is 2.43. The minimum atomic E-state index is 0.300. The van der Waals surface area contributed by atoms with Crippen LogP contribution in [0.1, 0.15) is 22.7 Å². The molecule has 1 aromatic rings. The molecule has 0 saturated carbocycles. The topological polar surface area (TPSA) is 48.5 Å². The Morgan fingerprint density at radius 2 is 2.15 bits per heavy atom. The van der Waals surface area contributed by atoms with Crippen LogP contribution < -0.4 is 5.32 Å². The van der Waals surface area contributed by atoms with Gasteiger partial charge in [-0.2, -0.15) is 0 Å². The lowest BCUT2D eigenvalue weighted by atomic mass is 10.2. The van der Waals surface area contributed by atoms with E-state index < -0.39 is 0 Å². The molecule has 6 heteroatoms. The number of aromatic nitrogens is 1. The number of carbonyl (C=O) groups is 1. The van der Waals surface area contributed by atoms with E-state index >= 15 is 0 Å².